The fraction of sp³-hybridized carbons (Fsp3) is 0.769. The zero-order valence-corrected chi connectivity index (χ0v) is 14.1. The van der Waals surface area contributed by atoms with Crippen LogP contribution >= 0.6 is 7.37 Å². The van der Waals surface area contributed by atoms with Crippen LogP contribution in [-0.4, -0.2) is 48.4 Å². The van der Waals surface area contributed by atoms with E-state index in [2.05, 4.69) is 14.8 Å². The minimum atomic E-state index is -3.48. The van der Waals surface area contributed by atoms with Crippen LogP contribution in [0.4, 0.5) is 4.79 Å². The van der Waals surface area contributed by atoms with Crippen LogP contribution in [0.2, 0.25) is 0 Å². The number of esters is 1. The minimum Gasteiger partial charge on any atom is -0.428 e. The molecule has 0 aliphatic rings. The third-order valence-electron chi connectivity index (χ3n) is 2.58. The number of ketones is 1. The molecule has 0 heterocycles. The Balaban J connectivity index is 3.93. The monoisotopic (exact) mass is 337 g/mol. The second-order valence-electron chi connectivity index (χ2n) is 5.14. The Morgan fingerprint density at radius 1 is 1.23 bits per heavy atom. The van der Waals surface area contributed by atoms with Crippen molar-refractivity contribution in [1.82, 2.24) is 5.32 Å². The first-order chi connectivity index (χ1) is 10.2. The summed E-state index contributed by atoms with van der Waals surface area (Å²) < 4.78 is 20.8. The number of hydrogen-bond donors (Lipinski definition) is 2. The summed E-state index contributed by atoms with van der Waals surface area (Å²) in [5.41, 5.74) is 0. The molecule has 0 saturated carbocycles. The predicted octanol–water partition coefficient (Wildman–Crippen LogP) is 1.51. The zero-order valence-electron chi connectivity index (χ0n) is 13.2. The van der Waals surface area contributed by atoms with Crippen molar-refractivity contribution in [2.24, 2.45) is 5.92 Å². The van der Waals surface area contributed by atoms with Gasteiger partial charge in [0.15, 0.2) is 5.78 Å². The Bertz CT molecular complexity index is 436. The van der Waals surface area contributed by atoms with Crippen molar-refractivity contribution in [2.45, 2.75) is 33.6 Å². The van der Waals surface area contributed by atoms with Crippen molar-refractivity contribution in [3.63, 3.8) is 0 Å². The topological polar surface area (TPSA) is 119 Å². The van der Waals surface area contributed by atoms with E-state index in [1.165, 1.54) is 0 Å². The summed E-state index contributed by atoms with van der Waals surface area (Å²) >= 11 is 0. The lowest BCUT2D eigenvalue weighted by Crippen LogP contribution is -2.32. The van der Waals surface area contributed by atoms with Gasteiger partial charge in [-0.25, -0.2) is 4.79 Å². The maximum absolute atomic E-state index is 11.7. The molecular weight excluding hydrogens is 313 g/mol. The maximum Gasteiger partial charge on any atom is 0.410 e. The summed E-state index contributed by atoms with van der Waals surface area (Å²) in [5, 5.41) is 2.13. The molecule has 1 unspecified atom stereocenters. The summed E-state index contributed by atoms with van der Waals surface area (Å²) in [7, 11) is -3.48. The number of alkyl carbamates (subject to hydrolysis) is 1. The van der Waals surface area contributed by atoms with Crippen molar-refractivity contribution < 1.29 is 33.3 Å². The number of nitrogens with one attached hydrogen (secondary N) is 1. The molecule has 22 heavy (non-hydrogen) atoms. The van der Waals surface area contributed by atoms with Crippen molar-refractivity contribution in [3.05, 3.63) is 0 Å². The molecule has 9 heteroatoms. The van der Waals surface area contributed by atoms with Gasteiger partial charge in [0.1, 0.15) is 0 Å². The molecular formula is C13H24NO7P. The molecule has 0 aromatic heterocycles. The summed E-state index contributed by atoms with van der Waals surface area (Å²) in [5.74, 6) is -1.41. The van der Waals surface area contributed by atoms with Crippen LogP contribution in [0.5, 0.6) is 0 Å². The average molecular weight is 337 g/mol. The van der Waals surface area contributed by atoms with Crippen molar-refractivity contribution >= 4 is 25.2 Å². The Hall–Kier alpha value is -1.40. The van der Waals surface area contributed by atoms with E-state index >= 15 is 0 Å². The van der Waals surface area contributed by atoms with E-state index in [9.17, 15) is 23.8 Å². The number of carbonyl (C=O) groups is 3. The van der Waals surface area contributed by atoms with Gasteiger partial charge in [-0.3, -0.25) is 14.2 Å². The lowest BCUT2D eigenvalue weighted by Gasteiger charge is -2.11. The van der Waals surface area contributed by atoms with Crippen LogP contribution in [0.25, 0.3) is 0 Å². The first-order valence-corrected chi connectivity index (χ1v) is 9.10. The van der Waals surface area contributed by atoms with Crippen LogP contribution < -0.4 is 5.32 Å². The Kier molecular flexibility index (Phi) is 9.69. The second kappa shape index (κ2) is 10.3. The fourth-order valence-electron chi connectivity index (χ4n) is 1.35. The average Bonchev–Trinajstić information content (AvgIpc) is 2.42. The van der Waals surface area contributed by atoms with E-state index in [4.69, 9.17) is 0 Å². The van der Waals surface area contributed by atoms with E-state index in [1.54, 1.807) is 13.8 Å². The third-order valence-corrected chi connectivity index (χ3v) is 4.44. The van der Waals surface area contributed by atoms with E-state index in [0.717, 1.165) is 6.42 Å². The molecule has 0 rings (SSSR count). The van der Waals surface area contributed by atoms with Crippen LogP contribution in [0.15, 0.2) is 0 Å². The Morgan fingerprint density at radius 3 is 2.41 bits per heavy atom. The summed E-state index contributed by atoms with van der Waals surface area (Å²) in [4.78, 5) is 43.4. The van der Waals surface area contributed by atoms with Gasteiger partial charge in [-0.15, -0.1) is 0 Å². The quantitative estimate of drug-likeness (QED) is 0.352. The number of ether oxygens (including phenoxy) is 2. The number of hydrogen-bond acceptors (Lipinski definition) is 6. The van der Waals surface area contributed by atoms with E-state index in [1.807, 2.05) is 6.92 Å². The van der Waals surface area contributed by atoms with Gasteiger partial charge in [-0.1, -0.05) is 27.2 Å². The third kappa shape index (κ3) is 10.3. The van der Waals surface area contributed by atoms with Crippen LogP contribution in [0.1, 0.15) is 33.6 Å². The molecule has 0 saturated heterocycles. The van der Waals surface area contributed by atoms with E-state index in [0.29, 0.717) is 6.42 Å². The number of carbonyl (C=O) groups excluding carboxylic acids is 3. The van der Waals surface area contributed by atoms with E-state index in [-0.39, 0.29) is 12.1 Å². The molecule has 0 fully saturated rings. The molecule has 8 nitrogen and oxygen atoms in total. The lowest BCUT2D eigenvalue weighted by molar-refractivity contribution is -0.155. The van der Waals surface area contributed by atoms with Gasteiger partial charge in [0, 0.05) is 6.16 Å². The number of Topliss-reactive ketones (excluding diaryl/α,β-unsaturated/α-hetero) is 1. The lowest BCUT2D eigenvalue weighted by atomic mass is 10.2. The molecule has 0 radical (unpaired) electrons. The van der Waals surface area contributed by atoms with Crippen molar-refractivity contribution in [3.8, 4) is 0 Å². The number of amides is 1. The van der Waals surface area contributed by atoms with Crippen LogP contribution in [0.3, 0.4) is 0 Å². The Labute approximate surface area is 130 Å². The highest BCUT2D eigenvalue weighted by molar-refractivity contribution is 7.58. The van der Waals surface area contributed by atoms with Gasteiger partial charge in [0.25, 0.3) is 0 Å². The molecule has 0 aromatic rings. The molecule has 0 bridgehead atoms. The fourth-order valence-corrected chi connectivity index (χ4v) is 2.98. The van der Waals surface area contributed by atoms with Gasteiger partial charge in [0.05, 0.1) is 18.6 Å². The highest BCUT2D eigenvalue weighted by Gasteiger charge is 2.22. The molecule has 1 amide bonds. The first-order valence-electron chi connectivity index (χ1n) is 7.07. The molecule has 0 aliphatic carbocycles. The SMILES string of the molecule is CCCCP(=O)(O)CC(=O)CNC(=O)OCOC(=O)C(C)C. The normalized spacial score (nSPS) is 13.3. The molecule has 0 aromatic carbocycles. The van der Waals surface area contributed by atoms with E-state index < -0.39 is 44.7 Å². The summed E-state index contributed by atoms with van der Waals surface area (Å²) in [6.07, 6.45) is 0.00242. The summed E-state index contributed by atoms with van der Waals surface area (Å²) in [6, 6.07) is 0. The number of unbranched alkanes of at least 4 members (excludes halogenated alkanes) is 1. The molecule has 0 spiro atoms. The minimum absolute atomic E-state index is 0.0881. The molecule has 128 valence electrons. The van der Waals surface area contributed by atoms with Crippen LogP contribution in [0, 0.1) is 5.92 Å². The molecule has 1 atom stereocenters. The molecule has 0 aliphatic heterocycles. The highest BCUT2D eigenvalue weighted by atomic mass is 31.2. The number of rotatable bonds is 10. The highest BCUT2D eigenvalue weighted by Crippen LogP contribution is 2.40. The largest absolute Gasteiger partial charge is 0.428 e. The van der Waals surface area contributed by atoms with Gasteiger partial charge >= 0.3 is 12.1 Å². The standard InChI is InChI=1S/C13H24NO7P/c1-4-5-6-22(18,19)8-11(15)7-14-13(17)21-9-20-12(16)10(2)3/h10H,4-9H2,1-3H3,(H,14,17)(H,18,19). The smallest absolute Gasteiger partial charge is 0.410 e. The predicted molar refractivity (Wildman–Crippen MR) is 79.8 cm³/mol. The zero-order chi connectivity index (χ0) is 17.2. The van der Waals surface area contributed by atoms with Gasteiger partial charge in [0.2, 0.25) is 14.2 Å². The maximum atomic E-state index is 11.7. The van der Waals surface area contributed by atoms with Crippen LogP contribution in [-0.2, 0) is 23.6 Å². The Morgan fingerprint density at radius 2 is 1.86 bits per heavy atom. The second-order valence-corrected chi connectivity index (χ2v) is 7.60. The first kappa shape index (κ1) is 20.6. The summed E-state index contributed by atoms with van der Waals surface area (Å²) in [6.45, 7) is 4.19. The van der Waals surface area contributed by atoms with Crippen molar-refractivity contribution in [1.29, 1.82) is 0 Å². The van der Waals surface area contributed by atoms with Gasteiger partial charge in [-0.05, 0) is 6.42 Å². The molecule has 2 N–H and O–H groups in total. The van der Waals surface area contributed by atoms with Crippen molar-refractivity contribution in [2.75, 3.05) is 25.7 Å². The van der Waals surface area contributed by atoms with Gasteiger partial charge < -0.3 is 19.7 Å². The van der Waals surface area contributed by atoms with Gasteiger partial charge in [-0.2, -0.15) is 0 Å².